The van der Waals surface area contributed by atoms with Gasteiger partial charge in [-0.2, -0.15) is 0 Å². The molecular formula is C28H41ClN4O4. The number of amides is 3. The molecule has 8 nitrogen and oxygen atoms in total. The molecule has 0 aromatic heterocycles. The van der Waals surface area contributed by atoms with Gasteiger partial charge in [0.2, 0.25) is 17.7 Å². The summed E-state index contributed by atoms with van der Waals surface area (Å²) in [5.74, 6) is -2.56. The molecule has 2 aromatic rings. The van der Waals surface area contributed by atoms with Crippen molar-refractivity contribution in [1.29, 1.82) is 0 Å². The van der Waals surface area contributed by atoms with Gasteiger partial charge in [0.1, 0.15) is 6.04 Å². The highest BCUT2D eigenvalue weighted by atomic mass is 35.5. The zero-order chi connectivity index (χ0) is 26.5. The maximum absolute atomic E-state index is 13.5. The maximum Gasteiger partial charge on any atom is 0.247 e. The molecule has 9 heteroatoms. The summed E-state index contributed by atoms with van der Waals surface area (Å²) in [5, 5.41) is 14.9. The third-order valence-electron chi connectivity index (χ3n) is 6.40. The highest BCUT2D eigenvalue weighted by Crippen LogP contribution is 2.27. The smallest absolute Gasteiger partial charge is 0.247 e. The number of aryl methyl sites for hydroxylation is 1. The monoisotopic (exact) mass is 532 g/mol. The molecule has 0 saturated heterocycles. The van der Waals surface area contributed by atoms with E-state index >= 15 is 0 Å². The van der Waals surface area contributed by atoms with E-state index in [1.54, 1.807) is 5.48 Å². The minimum atomic E-state index is -0.803. The molecule has 0 aliphatic rings. The molecule has 0 heterocycles. The first kappa shape index (κ1) is 32.1. The van der Waals surface area contributed by atoms with Gasteiger partial charge in [0.25, 0.3) is 0 Å². The van der Waals surface area contributed by atoms with Crippen LogP contribution in [0.4, 0.5) is 0 Å². The van der Waals surface area contributed by atoms with Crippen LogP contribution in [0.1, 0.15) is 49.8 Å². The number of benzene rings is 2. The second-order valence-corrected chi connectivity index (χ2v) is 9.60. The van der Waals surface area contributed by atoms with Gasteiger partial charge in [0, 0.05) is 25.9 Å². The molecule has 0 spiro atoms. The molecule has 0 bridgehead atoms. The van der Waals surface area contributed by atoms with Gasteiger partial charge in [-0.25, -0.2) is 5.48 Å². The average molecular weight is 533 g/mol. The molecule has 0 unspecified atom stereocenters. The van der Waals surface area contributed by atoms with E-state index in [0.29, 0.717) is 32.2 Å². The van der Waals surface area contributed by atoms with E-state index in [1.165, 1.54) is 7.05 Å². The van der Waals surface area contributed by atoms with E-state index in [0.717, 1.165) is 23.1 Å². The molecule has 3 atom stereocenters. The number of hydroxylamine groups is 1. The van der Waals surface area contributed by atoms with Gasteiger partial charge >= 0.3 is 0 Å². The minimum absolute atomic E-state index is 0. The van der Waals surface area contributed by atoms with Crippen LogP contribution in [0.5, 0.6) is 0 Å². The van der Waals surface area contributed by atoms with Crippen LogP contribution in [0.2, 0.25) is 0 Å². The first-order chi connectivity index (χ1) is 17.3. The van der Waals surface area contributed by atoms with E-state index in [4.69, 9.17) is 5.73 Å². The molecule has 37 heavy (non-hydrogen) atoms. The SMILES string of the molecule is CNC(=O)[C@H](Cc1ccc(CN)cc1)NC(=O)[C@H](CC(C)C)[C@@H](CCCc1ccccc1)C(=O)NO.Cl. The Labute approximate surface area is 226 Å². The van der Waals surface area contributed by atoms with Crippen molar-refractivity contribution in [3.63, 3.8) is 0 Å². The lowest BCUT2D eigenvalue weighted by atomic mass is 9.80. The van der Waals surface area contributed by atoms with Gasteiger partial charge in [0.15, 0.2) is 0 Å². The molecule has 204 valence electrons. The van der Waals surface area contributed by atoms with Gasteiger partial charge in [-0.05, 0) is 48.3 Å². The summed E-state index contributed by atoms with van der Waals surface area (Å²) in [6, 6.07) is 16.7. The molecule has 3 amide bonds. The van der Waals surface area contributed by atoms with E-state index in [2.05, 4.69) is 10.6 Å². The summed E-state index contributed by atoms with van der Waals surface area (Å²) in [6.07, 6.45) is 2.61. The largest absolute Gasteiger partial charge is 0.357 e. The Morgan fingerprint density at radius 2 is 1.49 bits per heavy atom. The Kier molecular flexibility index (Phi) is 14.5. The van der Waals surface area contributed by atoms with Gasteiger partial charge in [-0.3, -0.25) is 19.6 Å². The molecule has 0 fully saturated rings. The average Bonchev–Trinajstić information content (AvgIpc) is 2.89. The van der Waals surface area contributed by atoms with E-state index < -0.39 is 23.8 Å². The fraction of sp³-hybridized carbons (Fsp3) is 0.464. The molecule has 2 rings (SSSR count). The lowest BCUT2D eigenvalue weighted by molar-refractivity contribution is -0.142. The third kappa shape index (κ3) is 10.5. The summed E-state index contributed by atoms with van der Waals surface area (Å²) in [6.45, 7) is 4.38. The van der Waals surface area contributed by atoms with Crippen LogP contribution >= 0.6 is 12.4 Å². The number of nitrogens with two attached hydrogens (primary N) is 1. The van der Waals surface area contributed by atoms with Crippen LogP contribution in [-0.4, -0.2) is 36.0 Å². The molecule has 0 aliphatic heterocycles. The Hall–Kier alpha value is -2.94. The number of rotatable bonds is 14. The predicted octanol–water partition coefficient (Wildman–Crippen LogP) is 3.15. The number of hydrogen-bond acceptors (Lipinski definition) is 5. The number of carbonyl (C=O) groups is 3. The lowest BCUT2D eigenvalue weighted by Crippen LogP contribution is -2.51. The molecule has 0 radical (unpaired) electrons. The van der Waals surface area contributed by atoms with Crippen molar-refractivity contribution in [3.05, 3.63) is 71.3 Å². The molecule has 2 aromatic carbocycles. The second-order valence-electron chi connectivity index (χ2n) is 9.60. The van der Waals surface area contributed by atoms with Crippen LogP contribution in [0.25, 0.3) is 0 Å². The van der Waals surface area contributed by atoms with Gasteiger partial charge in [-0.15, -0.1) is 12.4 Å². The quantitative estimate of drug-likeness (QED) is 0.188. The summed E-state index contributed by atoms with van der Waals surface area (Å²) in [4.78, 5) is 38.8. The number of hydrogen-bond donors (Lipinski definition) is 5. The van der Waals surface area contributed by atoms with Gasteiger partial charge in [0.05, 0.1) is 5.92 Å². The third-order valence-corrected chi connectivity index (χ3v) is 6.40. The molecule has 0 saturated carbocycles. The van der Waals surface area contributed by atoms with E-state index in [9.17, 15) is 19.6 Å². The van der Waals surface area contributed by atoms with Crippen LogP contribution in [0.15, 0.2) is 54.6 Å². The Morgan fingerprint density at radius 1 is 0.865 bits per heavy atom. The molecule has 6 N–H and O–H groups in total. The Morgan fingerprint density at radius 3 is 2.03 bits per heavy atom. The summed E-state index contributed by atoms with van der Waals surface area (Å²) < 4.78 is 0. The second kappa shape index (κ2) is 16.7. The van der Waals surface area contributed by atoms with Crippen molar-refractivity contribution in [2.24, 2.45) is 23.5 Å². The van der Waals surface area contributed by atoms with E-state index in [-0.39, 0.29) is 30.1 Å². The number of likely N-dealkylation sites (N-methyl/N-ethyl adjacent to an activating group) is 1. The van der Waals surface area contributed by atoms with Crippen LogP contribution in [-0.2, 0) is 33.8 Å². The van der Waals surface area contributed by atoms with Crippen LogP contribution < -0.4 is 21.8 Å². The number of nitrogens with one attached hydrogen (secondary N) is 3. The summed E-state index contributed by atoms with van der Waals surface area (Å²) in [5.41, 5.74) is 10.4. The first-order valence-corrected chi connectivity index (χ1v) is 12.6. The summed E-state index contributed by atoms with van der Waals surface area (Å²) >= 11 is 0. The zero-order valence-electron chi connectivity index (χ0n) is 21.9. The molecule has 0 aliphatic carbocycles. The van der Waals surface area contributed by atoms with Crippen LogP contribution in [0, 0.1) is 17.8 Å². The highest BCUT2D eigenvalue weighted by Gasteiger charge is 2.35. The van der Waals surface area contributed by atoms with Crippen molar-refractivity contribution in [1.82, 2.24) is 16.1 Å². The lowest BCUT2D eigenvalue weighted by Gasteiger charge is -2.28. The van der Waals surface area contributed by atoms with Crippen molar-refractivity contribution < 1.29 is 19.6 Å². The van der Waals surface area contributed by atoms with Crippen molar-refractivity contribution >= 4 is 30.1 Å². The standard InChI is InChI=1S/C28H40N4O4.ClH/c1-19(2)16-24(23(27(34)32-36)11-7-10-20-8-5-4-6-9-20)26(33)31-25(28(35)30-3)17-21-12-14-22(18-29)15-13-21;/h4-6,8-9,12-15,19,23-25,36H,7,10-11,16-18,29H2,1-3H3,(H,30,35)(H,31,33)(H,32,34);1H/t23-,24-,25+;/m1./s1. The maximum atomic E-state index is 13.5. The fourth-order valence-electron chi connectivity index (χ4n) is 4.44. The fourth-order valence-corrected chi connectivity index (χ4v) is 4.44. The van der Waals surface area contributed by atoms with Gasteiger partial charge < -0.3 is 16.4 Å². The highest BCUT2D eigenvalue weighted by molar-refractivity contribution is 5.91. The zero-order valence-corrected chi connectivity index (χ0v) is 22.7. The Bertz CT molecular complexity index is 970. The first-order valence-electron chi connectivity index (χ1n) is 12.6. The normalized spacial score (nSPS) is 13.1. The minimum Gasteiger partial charge on any atom is -0.357 e. The summed E-state index contributed by atoms with van der Waals surface area (Å²) in [7, 11) is 1.52. The topological polar surface area (TPSA) is 134 Å². The van der Waals surface area contributed by atoms with Crippen molar-refractivity contribution in [2.75, 3.05) is 7.05 Å². The van der Waals surface area contributed by atoms with Crippen LogP contribution in [0.3, 0.4) is 0 Å². The van der Waals surface area contributed by atoms with Gasteiger partial charge in [-0.1, -0.05) is 68.4 Å². The van der Waals surface area contributed by atoms with E-state index in [1.807, 2.05) is 68.4 Å². The van der Waals surface area contributed by atoms with Crippen molar-refractivity contribution in [3.8, 4) is 0 Å². The number of halogens is 1. The number of carbonyl (C=O) groups excluding carboxylic acids is 3. The Balaban J connectivity index is 0.00000684. The van der Waals surface area contributed by atoms with Crippen molar-refractivity contribution in [2.45, 2.75) is 58.5 Å². The predicted molar refractivity (Wildman–Crippen MR) is 147 cm³/mol. The molecular weight excluding hydrogens is 492 g/mol.